The predicted octanol–water partition coefficient (Wildman–Crippen LogP) is 0.360. The molecule has 3 unspecified atom stereocenters. The molecular weight excluding hydrogens is 174 g/mol. The molecule has 2 N–H and O–H groups in total. The Hall–Kier alpha value is -0.120. The lowest BCUT2D eigenvalue weighted by molar-refractivity contribution is 0.230. The number of nitrogens with two attached hydrogens (primary N) is 1. The lowest BCUT2D eigenvalue weighted by Crippen LogP contribution is -2.37. The monoisotopic (exact) mass is 197 g/mol. The molecule has 2 rings (SSSR count). The van der Waals surface area contributed by atoms with Crippen molar-refractivity contribution in [3.05, 3.63) is 0 Å². The van der Waals surface area contributed by atoms with Crippen molar-refractivity contribution in [2.24, 2.45) is 11.7 Å². The number of rotatable bonds is 2. The Morgan fingerprint density at radius 3 is 2.50 bits per heavy atom. The molecule has 3 atom stereocenters. The van der Waals surface area contributed by atoms with Gasteiger partial charge in [-0.2, -0.15) is 0 Å². The van der Waals surface area contributed by atoms with Gasteiger partial charge in [0.25, 0.3) is 0 Å². The molecule has 0 radical (unpaired) electrons. The molecular formula is C11H23N3. The number of hydrogen-bond acceptors (Lipinski definition) is 3. The molecule has 2 saturated heterocycles. The van der Waals surface area contributed by atoms with Crippen molar-refractivity contribution >= 4 is 0 Å². The van der Waals surface area contributed by atoms with E-state index < -0.39 is 0 Å². The van der Waals surface area contributed by atoms with E-state index in [1.807, 2.05) is 0 Å². The Morgan fingerprint density at radius 1 is 1.21 bits per heavy atom. The fourth-order valence-corrected chi connectivity index (χ4v) is 2.79. The molecule has 2 fully saturated rings. The van der Waals surface area contributed by atoms with E-state index in [9.17, 15) is 0 Å². The summed E-state index contributed by atoms with van der Waals surface area (Å²) in [5.74, 6) is 0.737. The van der Waals surface area contributed by atoms with E-state index in [1.165, 1.54) is 39.0 Å². The van der Waals surface area contributed by atoms with E-state index in [0.29, 0.717) is 6.04 Å². The van der Waals surface area contributed by atoms with Gasteiger partial charge in [0.15, 0.2) is 0 Å². The number of hydrogen-bond donors (Lipinski definition) is 1. The molecule has 0 aromatic carbocycles. The number of likely N-dealkylation sites (tertiary alicyclic amines) is 2. The Labute approximate surface area is 87.2 Å². The Kier molecular flexibility index (Phi) is 3.10. The van der Waals surface area contributed by atoms with Gasteiger partial charge in [-0.25, -0.2) is 0 Å². The lowest BCUT2D eigenvalue weighted by atomic mass is 10.0. The van der Waals surface area contributed by atoms with Crippen LogP contribution in [-0.2, 0) is 0 Å². The molecule has 0 spiro atoms. The molecule has 0 aliphatic carbocycles. The first-order valence-electron chi connectivity index (χ1n) is 5.85. The van der Waals surface area contributed by atoms with Crippen LogP contribution in [0.15, 0.2) is 0 Å². The Bertz CT molecular complexity index is 193. The molecule has 0 saturated carbocycles. The van der Waals surface area contributed by atoms with Crippen LogP contribution in [-0.4, -0.2) is 55.1 Å². The van der Waals surface area contributed by atoms with Gasteiger partial charge in [-0.15, -0.1) is 0 Å². The van der Waals surface area contributed by atoms with Gasteiger partial charge >= 0.3 is 0 Å². The minimum atomic E-state index is 0.374. The summed E-state index contributed by atoms with van der Waals surface area (Å²) in [5, 5.41) is 0. The van der Waals surface area contributed by atoms with Crippen LogP contribution in [0.5, 0.6) is 0 Å². The fraction of sp³-hybridized carbons (Fsp3) is 1.00. The van der Waals surface area contributed by atoms with Crippen LogP contribution in [0.2, 0.25) is 0 Å². The van der Waals surface area contributed by atoms with Crippen LogP contribution in [0.25, 0.3) is 0 Å². The Morgan fingerprint density at radius 2 is 2.00 bits per heavy atom. The zero-order chi connectivity index (χ0) is 10.1. The second-order valence-corrected chi connectivity index (χ2v) is 5.11. The van der Waals surface area contributed by atoms with Crippen LogP contribution < -0.4 is 5.73 Å². The summed E-state index contributed by atoms with van der Waals surface area (Å²) in [4.78, 5) is 5.08. The highest BCUT2D eigenvalue weighted by molar-refractivity contribution is 4.88. The number of nitrogens with zero attached hydrogens (tertiary/aromatic N) is 2. The van der Waals surface area contributed by atoms with Crippen LogP contribution in [0, 0.1) is 5.92 Å². The highest BCUT2D eigenvalue weighted by atomic mass is 15.3. The molecule has 2 heterocycles. The maximum atomic E-state index is 5.95. The summed E-state index contributed by atoms with van der Waals surface area (Å²) in [6.07, 6.45) is 2.65. The summed E-state index contributed by atoms with van der Waals surface area (Å²) >= 11 is 0. The molecule has 14 heavy (non-hydrogen) atoms. The normalized spacial score (nSPS) is 37.9. The van der Waals surface area contributed by atoms with Crippen LogP contribution in [0.1, 0.15) is 19.8 Å². The highest BCUT2D eigenvalue weighted by Gasteiger charge is 2.32. The maximum absolute atomic E-state index is 5.95. The van der Waals surface area contributed by atoms with Crippen molar-refractivity contribution in [1.29, 1.82) is 0 Å². The maximum Gasteiger partial charge on any atom is 0.0235 e. The van der Waals surface area contributed by atoms with E-state index in [2.05, 4.69) is 23.8 Å². The van der Waals surface area contributed by atoms with Gasteiger partial charge in [-0.1, -0.05) is 0 Å². The third-order valence-corrected chi connectivity index (χ3v) is 3.88. The molecule has 3 nitrogen and oxygen atoms in total. The van der Waals surface area contributed by atoms with Crippen molar-refractivity contribution in [1.82, 2.24) is 9.80 Å². The van der Waals surface area contributed by atoms with Crippen molar-refractivity contribution in [3.8, 4) is 0 Å². The van der Waals surface area contributed by atoms with Gasteiger partial charge in [0.05, 0.1) is 0 Å². The lowest BCUT2D eigenvalue weighted by Gasteiger charge is -2.24. The summed E-state index contributed by atoms with van der Waals surface area (Å²) in [6, 6.07) is 1.18. The van der Waals surface area contributed by atoms with Gasteiger partial charge in [0.2, 0.25) is 0 Å². The van der Waals surface area contributed by atoms with E-state index in [1.54, 1.807) is 0 Å². The summed E-state index contributed by atoms with van der Waals surface area (Å²) in [5.41, 5.74) is 5.95. The summed E-state index contributed by atoms with van der Waals surface area (Å²) < 4.78 is 0. The first-order chi connectivity index (χ1) is 6.66. The Balaban J connectivity index is 1.83. The highest BCUT2D eigenvalue weighted by Crippen LogP contribution is 2.24. The first-order valence-corrected chi connectivity index (χ1v) is 5.85. The van der Waals surface area contributed by atoms with Crippen molar-refractivity contribution < 1.29 is 0 Å². The molecule has 0 aromatic rings. The average molecular weight is 197 g/mol. The van der Waals surface area contributed by atoms with Crippen molar-refractivity contribution in [3.63, 3.8) is 0 Å². The van der Waals surface area contributed by atoms with E-state index in [4.69, 9.17) is 5.73 Å². The zero-order valence-electron chi connectivity index (χ0n) is 9.45. The molecule has 2 aliphatic rings. The fourth-order valence-electron chi connectivity index (χ4n) is 2.79. The largest absolute Gasteiger partial charge is 0.328 e. The second kappa shape index (κ2) is 4.17. The molecule has 0 amide bonds. The minimum Gasteiger partial charge on any atom is -0.328 e. The predicted molar refractivity (Wildman–Crippen MR) is 59.2 cm³/mol. The van der Waals surface area contributed by atoms with Gasteiger partial charge in [-0.05, 0) is 45.8 Å². The molecule has 82 valence electrons. The minimum absolute atomic E-state index is 0.374. The summed E-state index contributed by atoms with van der Waals surface area (Å²) in [6.45, 7) is 7.17. The third kappa shape index (κ3) is 2.10. The SMILES string of the molecule is CC(N)C1CCN(C2CCN(C)C2)C1. The van der Waals surface area contributed by atoms with E-state index in [-0.39, 0.29) is 0 Å². The average Bonchev–Trinajstić information content (AvgIpc) is 2.70. The quantitative estimate of drug-likeness (QED) is 0.694. The zero-order valence-corrected chi connectivity index (χ0v) is 9.45. The smallest absolute Gasteiger partial charge is 0.0235 e. The molecule has 0 bridgehead atoms. The van der Waals surface area contributed by atoms with Gasteiger partial charge in [0.1, 0.15) is 0 Å². The third-order valence-electron chi connectivity index (χ3n) is 3.88. The standard InChI is InChI=1S/C11H23N3/c1-9(12)10-3-6-14(7-10)11-4-5-13(2)8-11/h9-11H,3-8,12H2,1-2H3. The topological polar surface area (TPSA) is 32.5 Å². The van der Waals surface area contributed by atoms with Gasteiger partial charge in [0, 0.05) is 25.2 Å². The summed E-state index contributed by atoms with van der Waals surface area (Å²) in [7, 11) is 2.22. The van der Waals surface area contributed by atoms with E-state index >= 15 is 0 Å². The van der Waals surface area contributed by atoms with Gasteiger partial charge in [-0.3, -0.25) is 4.90 Å². The van der Waals surface area contributed by atoms with Crippen molar-refractivity contribution in [2.75, 3.05) is 33.2 Å². The first kappa shape index (κ1) is 10.4. The molecule has 0 aromatic heterocycles. The van der Waals surface area contributed by atoms with Crippen LogP contribution in [0.4, 0.5) is 0 Å². The van der Waals surface area contributed by atoms with E-state index in [0.717, 1.165) is 12.0 Å². The number of likely N-dealkylation sites (N-methyl/N-ethyl adjacent to an activating group) is 1. The molecule has 3 heteroatoms. The van der Waals surface area contributed by atoms with Crippen LogP contribution in [0.3, 0.4) is 0 Å². The molecule has 2 aliphatic heterocycles. The van der Waals surface area contributed by atoms with Crippen LogP contribution >= 0.6 is 0 Å². The second-order valence-electron chi connectivity index (χ2n) is 5.11. The van der Waals surface area contributed by atoms with Crippen molar-refractivity contribution in [2.45, 2.75) is 31.8 Å². The van der Waals surface area contributed by atoms with Gasteiger partial charge < -0.3 is 10.6 Å².